The Hall–Kier alpha value is -0.900. The van der Waals surface area contributed by atoms with Crippen LogP contribution in [0.5, 0.6) is 0 Å². The molecule has 2 unspecified atom stereocenters. The molecular formula is C17H26N2O. The number of ether oxygens (including phenoxy) is 1. The van der Waals surface area contributed by atoms with Crippen molar-refractivity contribution < 1.29 is 4.74 Å². The van der Waals surface area contributed by atoms with Crippen molar-refractivity contribution in [2.75, 3.05) is 6.61 Å². The van der Waals surface area contributed by atoms with Crippen LogP contribution in [0.3, 0.4) is 0 Å². The lowest BCUT2D eigenvalue weighted by molar-refractivity contribution is 0.0276. The third-order valence-corrected chi connectivity index (χ3v) is 4.92. The molecule has 0 spiro atoms. The Balaban J connectivity index is 1.64. The van der Waals surface area contributed by atoms with E-state index in [0.717, 1.165) is 25.4 Å². The minimum absolute atomic E-state index is 0.211. The molecular weight excluding hydrogens is 248 g/mol. The average Bonchev–Trinajstić information content (AvgIpc) is 3.00. The second kappa shape index (κ2) is 6.70. The Labute approximate surface area is 121 Å². The Kier molecular flexibility index (Phi) is 4.71. The van der Waals surface area contributed by atoms with Gasteiger partial charge in [-0.2, -0.15) is 0 Å². The van der Waals surface area contributed by atoms with Crippen molar-refractivity contribution in [2.24, 2.45) is 11.8 Å². The third kappa shape index (κ3) is 3.22. The van der Waals surface area contributed by atoms with E-state index in [-0.39, 0.29) is 6.10 Å². The smallest absolute Gasteiger partial charge is 0.0843 e. The zero-order valence-electron chi connectivity index (χ0n) is 12.2. The molecule has 1 fully saturated rings. The van der Waals surface area contributed by atoms with Crippen molar-refractivity contribution in [1.82, 2.24) is 5.43 Å². The fraction of sp³-hybridized carbons (Fsp3) is 0.647. The van der Waals surface area contributed by atoms with Crippen LogP contribution in [0.4, 0.5) is 0 Å². The van der Waals surface area contributed by atoms with Crippen molar-refractivity contribution in [3.8, 4) is 0 Å². The van der Waals surface area contributed by atoms with Crippen LogP contribution in [0.15, 0.2) is 24.3 Å². The quantitative estimate of drug-likeness (QED) is 0.640. The largest absolute Gasteiger partial charge is 0.373 e. The summed E-state index contributed by atoms with van der Waals surface area (Å²) in [4.78, 5) is 0. The molecule has 1 aromatic rings. The van der Waals surface area contributed by atoms with Crippen LogP contribution in [0.2, 0.25) is 0 Å². The van der Waals surface area contributed by atoms with Crippen LogP contribution >= 0.6 is 0 Å². The molecule has 0 amide bonds. The first-order valence-corrected chi connectivity index (χ1v) is 8.02. The SMILES string of the molecule is NNC(CC1CCCC1)CC1OCCc2ccccc21. The van der Waals surface area contributed by atoms with Gasteiger partial charge in [-0.1, -0.05) is 49.9 Å². The molecule has 0 radical (unpaired) electrons. The van der Waals surface area contributed by atoms with Crippen molar-refractivity contribution >= 4 is 0 Å². The number of nitrogens with one attached hydrogen (secondary N) is 1. The fourth-order valence-electron chi connectivity index (χ4n) is 3.81. The summed E-state index contributed by atoms with van der Waals surface area (Å²) in [6, 6.07) is 9.05. The lowest BCUT2D eigenvalue weighted by Gasteiger charge is -2.30. The normalized spacial score (nSPS) is 24.6. The number of benzene rings is 1. The summed E-state index contributed by atoms with van der Waals surface area (Å²) in [6.07, 6.45) is 8.97. The van der Waals surface area contributed by atoms with E-state index in [2.05, 4.69) is 29.7 Å². The molecule has 0 aromatic heterocycles. The van der Waals surface area contributed by atoms with Gasteiger partial charge in [0.2, 0.25) is 0 Å². The topological polar surface area (TPSA) is 47.3 Å². The molecule has 3 N–H and O–H groups in total. The number of rotatable bonds is 5. The van der Waals surface area contributed by atoms with E-state index in [9.17, 15) is 0 Å². The van der Waals surface area contributed by atoms with Gasteiger partial charge in [-0.25, -0.2) is 0 Å². The number of fused-ring (bicyclic) bond motifs is 1. The van der Waals surface area contributed by atoms with Crippen LogP contribution in [-0.2, 0) is 11.2 Å². The molecule has 3 rings (SSSR count). The van der Waals surface area contributed by atoms with Crippen LogP contribution in [-0.4, -0.2) is 12.6 Å². The van der Waals surface area contributed by atoms with E-state index in [0.29, 0.717) is 6.04 Å². The minimum Gasteiger partial charge on any atom is -0.373 e. The lowest BCUT2D eigenvalue weighted by Crippen LogP contribution is -2.38. The maximum absolute atomic E-state index is 6.01. The lowest BCUT2D eigenvalue weighted by atomic mass is 9.90. The second-order valence-electron chi connectivity index (χ2n) is 6.29. The molecule has 3 nitrogen and oxygen atoms in total. The van der Waals surface area contributed by atoms with Gasteiger partial charge in [0, 0.05) is 6.04 Å². The van der Waals surface area contributed by atoms with Crippen molar-refractivity contribution in [2.45, 2.75) is 57.1 Å². The van der Waals surface area contributed by atoms with E-state index in [1.807, 2.05) is 0 Å². The number of hydrogen-bond acceptors (Lipinski definition) is 3. The Morgan fingerprint density at radius 1 is 1.20 bits per heavy atom. The monoisotopic (exact) mass is 274 g/mol. The highest BCUT2D eigenvalue weighted by Crippen LogP contribution is 2.34. The first-order chi connectivity index (χ1) is 9.86. The Morgan fingerprint density at radius 2 is 2.00 bits per heavy atom. The molecule has 2 atom stereocenters. The van der Waals surface area contributed by atoms with Gasteiger partial charge < -0.3 is 4.74 Å². The Morgan fingerprint density at radius 3 is 2.80 bits per heavy atom. The summed E-state index contributed by atoms with van der Waals surface area (Å²) in [6.45, 7) is 0.836. The van der Waals surface area contributed by atoms with Gasteiger partial charge in [-0.3, -0.25) is 11.3 Å². The van der Waals surface area contributed by atoms with Gasteiger partial charge in [-0.05, 0) is 36.3 Å². The first-order valence-electron chi connectivity index (χ1n) is 8.02. The molecule has 1 aromatic carbocycles. The van der Waals surface area contributed by atoms with E-state index < -0.39 is 0 Å². The van der Waals surface area contributed by atoms with Gasteiger partial charge in [0.25, 0.3) is 0 Å². The molecule has 3 heteroatoms. The summed E-state index contributed by atoms with van der Waals surface area (Å²) < 4.78 is 6.01. The summed E-state index contributed by atoms with van der Waals surface area (Å²) in [5, 5.41) is 0. The van der Waals surface area contributed by atoms with Gasteiger partial charge >= 0.3 is 0 Å². The van der Waals surface area contributed by atoms with E-state index >= 15 is 0 Å². The van der Waals surface area contributed by atoms with Crippen LogP contribution in [0.25, 0.3) is 0 Å². The minimum atomic E-state index is 0.211. The predicted molar refractivity (Wildman–Crippen MR) is 81.1 cm³/mol. The summed E-state index contributed by atoms with van der Waals surface area (Å²) in [5.74, 6) is 6.64. The highest BCUT2D eigenvalue weighted by Gasteiger charge is 2.26. The highest BCUT2D eigenvalue weighted by molar-refractivity contribution is 5.31. The van der Waals surface area contributed by atoms with Gasteiger partial charge in [0.1, 0.15) is 0 Å². The van der Waals surface area contributed by atoms with Crippen LogP contribution in [0, 0.1) is 5.92 Å². The maximum atomic E-state index is 6.01. The molecule has 1 saturated carbocycles. The number of nitrogens with two attached hydrogens (primary N) is 1. The van der Waals surface area contributed by atoms with Crippen LogP contribution in [0.1, 0.15) is 55.8 Å². The zero-order chi connectivity index (χ0) is 13.8. The second-order valence-corrected chi connectivity index (χ2v) is 6.29. The van der Waals surface area contributed by atoms with Crippen LogP contribution < -0.4 is 11.3 Å². The molecule has 1 heterocycles. The van der Waals surface area contributed by atoms with E-state index in [1.54, 1.807) is 0 Å². The predicted octanol–water partition coefficient (Wildman–Crippen LogP) is 3.10. The Bertz CT molecular complexity index is 429. The van der Waals surface area contributed by atoms with Gasteiger partial charge in [0.15, 0.2) is 0 Å². The number of hydrazine groups is 1. The summed E-state index contributed by atoms with van der Waals surface area (Å²) in [5.41, 5.74) is 5.84. The molecule has 1 aliphatic heterocycles. The molecule has 20 heavy (non-hydrogen) atoms. The molecule has 0 saturated heterocycles. The van der Waals surface area contributed by atoms with E-state index in [1.165, 1.54) is 43.2 Å². The molecule has 110 valence electrons. The average molecular weight is 274 g/mol. The fourth-order valence-corrected chi connectivity index (χ4v) is 3.81. The molecule has 0 bridgehead atoms. The highest BCUT2D eigenvalue weighted by atomic mass is 16.5. The van der Waals surface area contributed by atoms with Crippen molar-refractivity contribution in [1.29, 1.82) is 0 Å². The van der Waals surface area contributed by atoms with Crippen molar-refractivity contribution in [3.05, 3.63) is 35.4 Å². The van der Waals surface area contributed by atoms with E-state index in [4.69, 9.17) is 10.6 Å². The third-order valence-electron chi connectivity index (χ3n) is 4.92. The standard InChI is InChI=1S/C17H26N2O/c18-19-15(11-13-5-1-2-6-13)12-17-16-8-4-3-7-14(16)9-10-20-17/h3-4,7-8,13,15,17,19H,1-2,5-6,9-12,18H2. The van der Waals surface area contributed by atoms with Crippen molar-refractivity contribution in [3.63, 3.8) is 0 Å². The summed E-state index contributed by atoms with van der Waals surface area (Å²) in [7, 11) is 0. The number of hydrogen-bond donors (Lipinski definition) is 2. The maximum Gasteiger partial charge on any atom is 0.0843 e. The molecule has 2 aliphatic rings. The summed E-state index contributed by atoms with van der Waals surface area (Å²) >= 11 is 0. The zero-order valence-corrected chi connectivity index (χ0v) is 12.2. The van der Waals surface area contributed by atoms with Gasteiger partial charge in [-0.15, -0.1) is 0 Å². The first kappa shape index (κ1) is 14.1. The molecule has 1 aliphatic carbocycles. The van der Waals surface area contributed by atoms with Gasteiger partial charge in [0.05, 0.1) is 12.7 Å².